The fraction of sp³-hybridized carbons (Fsp3) is 0.357. The van der Waals surface area contributed by atoms with E-state index in [-0.39, 0.29) is 61.5 Å². The van der Waals surface area contributed by atoms with Crippen LogP contribution in [0.4, 0.5) is 37.6 Å². The van der Waals surface area contributed by atoms with Crippen molar-refractivity contribution in [3.8, 4) is 23.2 Å². The van der Waals surface area contributed by atoms with E-state index in [1.807, 2.05) is 6.92 Å². The molecule has 15 heteroatoms. The van der Waals surface area contributed by atoms with Crippen LogP contribution >= 0.6 is 11.3 Å². The van der Waals surface area contributed by atoms with Crippen LogP contribution in [-0.2, 0) is 6.18 Å². The Morgan fingerprint density at radius 3 is 2.53 bits per heavy atom. The molecule has 5 rings (SSSR count). The van der Waals surface area contributed by atoms with Crippen LogP contribution in [0.5, 0.6) is 6.01 Å². The maximum Gasteiger partial charge on any atom is 0.417 e. The van der Waals surface area contributed by atoms with Gasteiger partial charge in [0.1, 0.15) is 28.2 Å². The van der Waals surface area contributed by atoms with Gasteiger partial charge >= 0.3 is 18.2 Å². The molecule has 226 valence electrons. The lowest BCUT2D eigenvalue weighted by atomic mass is 9.92. The molecule has 4 aromatic rings. The van der Waals surface area contributed by atoms with Crippen molar-refractivity contribution < 1.29 is 31.5 Å². The van der Waals surface area contributed by atoms with Crippen molar-refractivity contribution in [2.45, 2.75) is 31.6 Å². The van der Waals surface area contributed by atoms with Crippen LogP contribution in [0.15, 0.2) is 18.2 Å². The number of nitriles is 1. The van der Waals surface area contributed by atoms with Crippen LogP contribution in [0, 0.1) is 23.0 Å². The third-order valence-electron chi connectivity index (χ3n) is 7.75. The monoisotopic (exact) mass is 619 g/mol. The van der Waals surface area contributed by atoms with E-state index >= 15 is 4.39 Å². The van der Waals surface area contributed by atoms with Crippen LogP contribution in [0.3, 0.4) is 0 Å². The lowest BCUT2D eigenvalue weighted by molar-refractivity contribution is -0.137. The highest BCUT2D eigenvalue weighted by Crippen LogP contribution is 2.48. The highest BCUT2D eigenvalue weighted by atomic mass is 32.1. The lowest BCUT2D eigenvalue weighted by Gasteiger charge is -2.33. The van der Waals surface area contributed by atoms with E-state index in [1.165, 1.54) is 12.0 Å². The first-order valence-electron chi connectivity index (χ1n) is 13.0. The number of nitrogens with zero attached hydrogens (tertiary/aromatic N) is 6. The number of thiophene rings is 1. The van der Waals surface area contributed by atoms with Gasteiger partial charge < -0.3 is 25.2 Å². The number of nitrogen functional groups attached to an aromatic ring is 1. The Kier molecular flexibility index (Phi) is 7.45. The molecular formula is C28H26F5N7O2S. The molecule has 1 aliphatic heterocycles. The molecule has 3 heterocycles. The number of likely N-dealkylation sites (tertiary alicyclic amines) is 1. The minimum atomic E-state index is -5.08. The van der Waals surface area contributed by atoms with Crippen molar-refractivity contribution in [1.82, 2.24) is 19.8 Å². The van der Waals surface area contributed by atoms with Crippen molar-refractivity contribution in [2.24, 2.45) is 0 Å². The predicted molar refractivity (Wildman–Crippen MR) is 153 cm³/mol. The topological polar surface area (TPSA) is 112 Å². The number of fused-ring (bicyclic) bond motifs is 2. The molecule has 2 atom stereocenters. The molecule has 1 saturated heterocycles. The summed E-state index contributed by atoms with van der Waals surface area (Å²) < 4.78 is 80.4. The van der Waals surface area contributed by atoms with Crippen molar-refractivity contribution >= 4 is 49.2 Å². The Balaban J connectivity index is 1.79. The third kappa shape index (κ3) is 4.79. The molecule has 0 saturated carbocycles. The molecule has 2 aromatic heterocycles. The molecule has 0 aliphatic carbocycles. The fourth-order valence-electron chi connectivity index (χ4n) is 5.67. The van der Waals surface area contributed by atoms with Crippen molar-refractivity contribution in [3.05, 3.63) is 41.0 Å². The van der Waals surface area contributed by atoms with E-state index in [4.69, 9.17) is 10.5 Å². The van der Waals surface area contributed by atoms with Gasteiger partial charge in [-0.2, -0.15) is 28.4 Å². The zero-order valence-corrected chi connectivity index (χ0v) is 24.5. The Morgan fingerprint density at radius 1 is 1.23 bits per heavy atom. The highest BCUT2D eigenvalue weighted by molar-refractivity contribution is 7.23. The summed E-state index contributed by atoms with van der Waals surface area (Å²) in [5.41, 5.74) is 2.52. The number of ether oxygens (including phenoxy) is 1. The van der Waals surface area contributed by atoms with Crippen molar-refractivity contribution in [3.63, 3.8) is 0 Å². The molecule has 1 fully saturated rings. The normalized spacial score (nSPS) is 17.0. The van der Waals surface area contributed by atoms with E-state index < -0.39 is 34.5 Å². The van der Waals surface area contributed by atoms with Gasteiger partial charge in [0.15, 0.2) is 5.82 Å². The second-order valence-corrected chi connectivity index (χ2v) is 11.4. The summed E-state index contributed by atoms with van der Waals surface area (Å²) in [5, 5.41) is 9.10. The number of aromatic nitrogens is 2. The predicted octanol–water partition coefficient (Wildman–Crippen LogP) is 5.85. The fourth-order valence-corrected chi connectivity index (χ4v) is 6.62. The van der Waals surface area contributed by atoms with Gasteiger partial charge in [-0.1, -0.05) is 6.07 Å². The van der Waals surface area contributed by atoms with E-state index in [9.17, 15) is 27.6 Å². The number of carbonyl (C=O) groups is 1. The quantitative estimate of drug-likeness (QED) is 0.285. The van der Waals surface area contributed by atoms with Gasteiger partial charge in [0.25, 0.3) is 0 Å². The number of hydrogen-bond donors (Lipinski definition) is 1. The molecule has 0 spiro atoms. The maximum absolute atomic E-state index is 16.6. The average molecular weight is 620 g/mol. The summed E-state index contributed by atoms with van der Waals surface area (Å²) >= 11 is 0.685. The summed E-state index contributed by atoms with van der Waals surface area (Å²) in [6.45, 7) is 2.21. The first-order valence-corrected chi connectivity index (χ1v) is 13.8. The average Bonchev–Trinajstić information content (AvgIpc) is 3.51. The highest BCUT2D eigenvalue weighted by Gasteiger charge is 2.41. The van der Waals surface area contributed by atoms with Gasteiger partial charge in [0.05, 0.1) is 35.0 Å². The first-order chi connectivity index (χ1) is 20.2. The molecule has 2 aromatic carbocycles. The molecule has 2 unspecified atom stereocenters. The minimum absolute atomic E-state index is 0.0319. The van der Waals surface area contributed by atoms with Gasteiger partial charge in [-0.25, -0.2) is 13.6 Å². The Hall–Kier alpha value is -4.45. The van der Waals surface area contributed by atoms with Crippen molar-refractivity contribution in [2.75, 3.05) is 45.4 Å². The molecule has 2 amide bonds. The van der Waals surface area contributed by atoms with E-state index in [0.717, 1.165) is 18.2 Å². The van der Waals surface area contributed by atoms with Crippen LogP contribution in [0.25, 0.3) is 32.1 Å². The number of alkyl halides is 3. The standard InChI is InChI=1S/C28H26F5N7O2S/c1-12-18(8-9-40(12)27(41)38(2)3)39(4)25-14-10-16(28(31,32)33)20(21(30)22(14)36-26(37-25)42-5)13-6-7-17(29)23-19(13)15(11-34)24(35)43-23/h6-7,10,12,18H,8-9,35H2,1-5H3. The number of hydrogen-bond acceptors (Lipinski definition) is 8. The number of amides is 2. The van der Waals surface area contributed by atoms with Crippen LogP contribution in [0.1, 0.15) is 24.5 Å². The van der Waals surface area contributed by atoms with Crippen LogP contribution in [-0.4, -0.2) is 72.7 Å². The molecule has 2 N–H and O–H groups in total. The number of anilines is 2. The Bertz CT molecular complexity index is 1820. The number of halogens is 5. The molecule has 1 aliphatic rings. The van der Waals surface area contributed by atoms with Crippen LogP contribution < -0.4 is 15.4 Å². The second-order valence-electron chi connectivity index (χ2n) is 10.4. The molecule has 9 nitrogen and oxygen atoms in total. The number of likely N-dealkylation sites (N-methyl/N-ethyl adjacent to an activating group) is 1. The SMILES string of the molecule is COc1nc(N(C)C2CCN(C(=O)N(C)C)C2C)c2cc(C(F)(F)F)c(-c3ccc(F)c4sc(N)c(C#N)c34)c(F)c2n1. The van der Waals surface area contributed by atoms with Gasteiger partial charge in [-0.3, -0.25) is 0 Å². The Labute approximate surface area is 246 Å². The number of benzene rings is 2. The number of urea groups is 1. The largest absolute Gasteiger partial charge is 0.467 e. The van der Waals surface area contributed by atoms with Gasteiger partial charge in [0, 0.05) is 44.0 Å². The second kappa shape index (κ2) is 10.7. The lowest BCUT2D eigenvalue weighted by Crippen LogP contribution is -2.47. The van der Waals surface area contributed by atoms with Gasteiger partial charge in [-0.05, 0) is 31.0 Å². The third-order valence-corrected chi connectivity index (χ3v) is 8.78. The van der Waals surface area contributed by atoms with E-state index in [0.29, 0.717) is 24.3 Å². The van der Waals surface area contributed by atoms with E-state index in [1.54, 1.807) is 37.0 Å². The molecule has 43 heavy (non-hydrogen) atoms. The summed E-state index contributed by atoms with van der Waals surface area (Å²) in [4.78, 5) is 25.7. The van der Waals surface area contributed by atoms with Crippen molar-refractivity contribution in [1.29, 1.82) is 5.26 Å². The first kappa shape index (κ1) is 30.0. The molecule has 0 radical (unpaired) electrons. The summed E-state index contributed by atoms with van der Waals surface area (Å²) in [6, 6.07) is 3.18. The number of carbonyl (C=O) groups excluding carboxylic acids is 1. The molecule has 0 bridgehead atoms. The Morgan fingerprint density at radius 2 is 1.93 bits per heavy atom. The zero-order chi connectivity index (χ0) is 31.5. The number of nitrogens with two attached hydrogens (primary N) is 1. The van der Waals surface area contributed by atoms with Gasteiger partial charge in [-0.15, -0.1) is 11.3 Å². The summed E-state index contributed by atoms with van der Waals surface area (Å²) in [6.07, 6.45) is -4.60. The van der Waals surface area contributed by atoms with Gasteiger partial charge in [0.2, 0.25) is 0 Å². The van der Waals surface area contributed by atoms with Crippen LogP contribution in [0.2, 0.25) is 0 Å². The summed E-state index contributed by atoms with van der Waals surface area (Å²) in [5.74, 6) is -2.20. The maximum atomic E-state index is 16.6. The molecular weight excluding hydrogens is 593 g/mol. The minimum Gasteiger partial charge on any atom is -0.467 e. The number of rotatable bonds is 4. The summed E-state index contributed by atoms with van der Waals surface area (Å²) in [7, 11) is 6.07. The van der Waals surface area contributed by atoms with E-state index in [2.05, 4.69) is 9.97 Å². The smallest absolute Gasteiger partial charge is 0.417 e. The zero-order valence-electron chi connectivity index (χ0n) is 23.7. The number of methoxy groups -OCH3 is 1.